The van der Waals surface area contributed by atoms with E-state index in [4.69, 9.17) is 5.73 Å². The third-order valence-electron chi connectivity index (χ3n) is 2.49. The normalized spacial score (nSPS) is 15.1. The molecule has 118 valence electrons. The lowest BCUT2D eigenvalue weighted by Gasteiger charge is -2.20. The maximum absolute atomic E-state index is 11.8. The van der Waals surface area contributed by atoms with Crippen LogP contribution < -0.4 is 11.1 Å². The summed E-state index contributed by atoms with van der Waals surface area (Å²) in [7, 11) is 0. The number of nitrogens with zero attached hydrogens (tertiary/aromatic N) is 2. The second kappa shape index (κ2) is 7.19. The first kappa shape index (κ1) is 19.1. The molecule has 0 aromatic rings. The molecule has 1 heterocycles. The number of nitrogens with one attached hydrogen (secondary N) is 1. The number of carbonyl (C=O) groups excluding carboxylic acids is 4. The zero-order chi connectivity index (χ0) is 15.5. The smallest absolute Gasteiger partial charge is 0.335 e. The highest BCUT2D eigenvalue weighted by atomic mass is 35.5. The van der Waals surface area contributed by atoms with Crippen LogP contribution >= 0.6 is 12.4 Å². The van der Waals surface area contributed by atoms with Gasteiger partial charge in [-0.3, -0.25) is 19.3 Å². The van der Waals surface area contributed by atoms with Crippen LogP contribution in [0.1, 0.15) is 13.8 Å². The second-order valence-electron chi connectivity index (χ2n) is 5.14. The summed E-state index contributed by atoms with van der Waals surface area (Å²) in [5.74, 6) is -2.53. The molecule has 1 aliphatic heterocycles. The van der Waals surface area contributed by atoms with E-state index in [1.807, 2.05) is 0 Å². The van der Waals surface area contributed by atoms with E-state index in [0.717, 1.165) is 4.90 Å². The van der Waals surface area contributed by atoms with Gasteiger partial charge in [0.2, 0.25) is 5.91 Å². The molecule has 0 bridgehead atoms. The number of hydrogen-bond acceptors (Lipinski definition) is 5. The van der Waals surface area contributed by atoms with Gasteiger partial charge in [-0.05, 0) is 13.8 Å². The molecule has 9 heteroatoms. The zero-order valence-corrected chi connectivity index (χ0v) is 12.7. The minimum atomic E-state index is -1.01. The lowest BCUT2D eigenvalue weighted by Crippen LogP contribution is -2.48. The summed E-state index contributed by atoms with van der Waals surface area (Å²) in [5, 5.41) is 2.49. The Kier molecular flexibility index (Phi) is 6.52. The molecule has 0 atom stereocenters. The Balaban J connectivity index is 0.00000400. The predicted molar refractivity (Wildman–Crippen MR) is 77.5 cm³/mol. The standard InChI is InChI=1S/C12H18N4O4.ClH/c1-4-5-15-9(18)10(19)16(11(15)20)6-8(17)14-7-12(2,3)13;/h4H,1,5-7,13H2,2-3H3,(H,14,17);1H. The van der Waals surface area contributed by atoms with Crippen molar-refractivity contribution in [2.75, 3.05) is 19.6 Å². The Labute approximate surface area is 128 Å². The van der Waals surface area contributed by atoms with Gasteiger partial charge in [-0.25, -0.2) is 9.69 Å². The summed E-state index contributed by atoms with van der Waals surface area (Å²) in [6.45, 7) is 6.43. The molecular formula is C12H19ClN4O4. The number of amides is 5. The van der Waals surface area contributed by atoms with Crippen molar-refractivity contribution >= 4 is 36.2 Å². The van der Waals surface area contributed by atoms with Crippen LogP contribution in [0.15, 0.2) is 12.7 Å². The largest absolute Gasteiger partial charge is 0.353 e. The summed E-state index contributed by atoms with van der Waals surface area (Å²) in [6.07, 6.45) is 1.32. The first-order chi connectivity index (χ1) is 9.17. The second-order valence-corrected chi connectivity index (χ2v) is 5.14. The van der Waals surface area contributed by atoms with Gasteiger partial charge in [-0.2, -0.15) is 0 Å². The molecular weight excluding hydrogens is 300 g/mol. The van der Waals surface area contributed by atoms with Gasteiger partial charge in [0.05, 0.1) is 0 Å². The number of nitrogens with two attached hydrogens (primary N) is 1. The third kappa shape index (κ3) is 4.83. The van der Waals surface area contributed by atoms with Crippen molar-refractivity contribution in [2.24, 2.45) is 5.73 Å². The minimum absolute atomic E-state index is 0. The number of imide groups is 2. The minimum Gasteiger partial charge on any atom is -0.353 e. The van der Waals surface area contributed by atoms with E-state index in [2.05, 4.69) is 11.9 Å². The molecule has 8 nitrogen and oxygen atoms in total. The molecule has 0 saturated carbocycles. The molecule has 1 rings (SSSR count). The highest BCUT2D eigenvalue weighted by molar-refractivity contribution is 6.45. The van der Waals surface area contributed by atoms with Crippen LogP contribution in [-0.2, 0) is 14.4 Å². The first-order valence-electron chi connectivity index (χ1n) is 6.01. The average Bonchev–Trinajstić information content (AvgIpc) is 2.53. The SMILES string of the molecule is C=CCN1C(=O)C(=O)N(CC(=O)NCC(C)(C)N)C1=O.Cl. The van der Waals surface area contributed by atoms with Crippen molar-refractivity contribution < 1.29 is 19.2 Å². The summed E-state index contributed by atoms with van der Waals surface area (Å²) < 4.78 is 0. The Morgan fingerprint density at radius 3 is 2.29 bits per heavy atom. The van der Waals surface area contributed by atoms with Crippen LogP contribution in [0, 0.1) is 0 Å². The van der Waals surface area contributed by atoms with Crippen molar-refractivity contribution in [3.05, 3.63) is 12.7 Å². The summed E-state index contributed by atoms with van der Waals surface area (Å²) >= 11 is 0. The van der Waals surface area contributed by atoms with Crippen LogP contribution in [0.3, 0.4) is 0 Å². The fraction of sp³-hybridized carbons (Fsp3) is 0.500. The summed E-state index contributed by atoms with van der Waals surface area (Å²) in [6, 6.07) is -0.818. The van der Waals surface area contributed by atoms with Crippen molar-refractivity contribution in [3.63, 3.8) is 0 Å². The van der Waals surface area contributed by atoms with Crippen LogP contribution in [0.5, 0.6) is 0 Å². The quantitative estimate of drug-likeness (QED) is 0.380. The third-order valence-corrected chi connectivity index (χ3v) is 2.49. The predicted octanol–water partition coefficient (Wildman–Crippen LogP) is -0.761. The highest BCUT2D eigenvalue weighted by Crippen LogP contribution is 2.11. The maximum Gasteiger partial charge on any atom is 0.335 e. The van der Waals surface area contributed by atoms with Crippen molar-refractivity contribution in [2.45, 2.75) is 19.4 Å². The first-order valence-corrected chi connectivity index (χ1v) is 6.01. The lowest BCUT2D eigenvalue weighted by atomic mass is 10.1. The van der Waals surface area contributed by atoms with Crippen LogP contribution in [0.25, 0.3) is 0 Å². The van der Waals surface area contributed by atoms with Gasteiger partial charge in [-0.1, -0.05) is 6.08 Å². The maximum atomic E-state index is 11.8. The molecule has 1 fully saturated rings. The monoisotopic (exact) mass is 318 g/mol. The Morgan fingerprint density at radius 1 is 1.29 bits per heavy atom. The summed E-state index contributed by atoms with van der Waals surface area (Å²) in [5.41, 5.74) is 5.08. The molecule has 3 N–H and O–H groups in total. The van der Waals surface area contributed by atoms with E-state index >= 15 is 0 Å². The van der Waals surface area contributed by atoms with E-state index in [0.29, 0.717) is 4.90 Å². The Morgan fingerprint density at radius 2 is 1.81 bits per heavy atom. The molecule has 0 aromatic carbocycles. The molecule has 21 heavy (non-hydrogen) atoms. The van der Waals surface area contributed by atoms with Crippen LogP contribution in [0.2, 0.25) is 0 Å². The van der Waals surface area contributed by atoms with Crippen LogP contribution in [0.4, 0.5) is 4.79 Å². The topological polar surface area (TPSA) is 113 Å². The van der Waals surface area contributed by atoms with Gasteiger partial charge >= 0.3 is 17.8 Å². The van der Waals surface area contributed by atoms with Crippen LogP contribution in [-0.4, -0.2) is 58.7 Å². The highest BCUT2D eigenvalue weighted by Gasteiger charge is 2.44. The van der Waals surface area contributed by atoms with E-state index in [1.54, 1.807) is 13.8 Å². The number of urea groups is 1. The number of hydrogen-bond donors (Lipinski definition) is 2. The Hall–Kier alpha value is -1.93. The van der Waals surface area contributed by atoms with Gasteiger partial charge in [0.15, 0.2) is 0 Å². The average molecular weight is 319 g/mol. The molecule has 1 saturated heterocycles. The molecule has 0 spiro atoms. The van der Waals surface area contributed by atoms with Crippen molar-refractivity contribution in [3.8, 4) is 0 Å². The Bertz CT molecular complexity index is 472. The number of rotatable bonds is 6. The van der Waals surface area contributed by atoms with E-state index in [-0.39, 0.29) is 25.5 Å². The molecule has 1 aliphatic rings. The fourth-order valence-corrected chi connectivity index (χ4v) is 1.51. The van der Waals surface area contributed by atoms with Crippen molar-refractivity contribution in [1.82, 2.24) is 15.1 Å². The molecule has 0 aliphatic carbocycles. The van der Waals surface area contributed by atoms with E-state index < -0.39 is 35.8 Å². The molecule has 0 unspecified atom stereocenters. The number of halogens is 1. The van der Waals surface area contributed by atoms with Crippen molar-refractivity contribution in [1.29, 1.82) is 0 Å². The van der Waals surface area contributed by atoms with Gasteiger partial charge in [0.1, 0.15) is 6.54 Å². The van der Waals surface area contributed by atoms with E-state index in [1.165, 1.54) is 6.08 Å². The van der Waals surface area contributed by atoms with Gasteiger partial charge < -0.3 is 11.1 Å². The lowest BCUT2D eigenvalue weighted by molar-refractivity contribution is -0.143. The molecule has 5 amide bonds. The summed E-state index contributed by atoms with van der Waals surface area (Å²) in [4.78, 5) is 47.9. The van der Waals surface area contributed by atoms with Gasteiger partial charge in [-0.15, -0.1) is 19.0 Å². The van der Waals surface area contributed by atoms with E-state index in [9.17, 15) is 19.2 Å². The van der Waals surface area contributed by atoms with Gasteiger partial charge in [0, 0.05) is 18.6 Å². The molecule has 0 aromatic heterocycles. The fourth-order valence-electron chi connectivity index (χ4n) is 1.51. The zero-order valence-electron chi connectivity index (χ0n) is 11.9. The van der Waals surface area contributed by atoms with Gasteiger partial charge in [0.25, 0.3) is 0 Å². The number of carbonyl (C=O) groups is 4. The molecule has 0 radical (unpaired) electrons.